The Morgan fingerprint density at radius 3 is 2.52 bits per heavy atom. The van der Waals surface area contributed by atoms with E-state index in [1.165, 1.54) is 6.07 Å². The molecule has 0 aliphatic carbocycles. The molecular formula is C20H21NO4. The van der Waals surface area contributed by atoms with Gasteiger partial charge in [0.25, 0.3) is 0 Å². The lowest BCUT2D eigenvalue weighted by Gasteiger charge is -2.25. The fourth-order valence-electron chi connectivity index (χ4n) is 3.20. The quantitative estimate of drug-likeness (QED) is 0.848. The van der Waals surface area contributed by atoms with E-state index < -0.39 is 5.97 Å². The Hall–Kier alpha value is -2.66. The first-order valence-electron chi connectivity index (χ1n) is 8.42. The summed E-state index contributed by atoms with van der Waals surface area (Å²) in [5, 5.41) is 12.3. The highest BCUT2D eigenvalue weighted by molar-refractivity contribution is 5.91. The zero-order valence-corrected chi connectivity index (χ0v) is 13.9. The van der Waals surface area contributed by atoms with Gasteiger partial charge < -0.3 is 15.2 Å². The highest BCUT2D eigenvalue weighted by atomic mass is 16.5. The summed E-state index contributed by atoms with van der Waals surface area (Å²) in [5.74, 6) is -1.24. The highest BCUT2D eigenvalue weighted by Crippen LogP contribution is 2.27. The Morgan fingerprint density at radius 1 is 1.12 bits per heavy atom. The molecule has 0 radical (unpaired) electrons. The molecule has 25 heavy (non-hydrogen) atoms. The fourth-order valence-corrected chi connectivity index (χ4v) is 3.20. The summed E-state index contributed by atoms with van der Waals surface area (Å²) < 4.78 is 5.77. The molecule has 1 amide bonds. The Labute approximate surface area is 146 Å². The molecule has 5 nitrogen and oxygen atoms in total. The van der Waals surface area contributed by atoms with Gasteiger partial charge in [0.2, 0.25) is 5.91 Å². The van der Waals surface area contributed by atoms with Crippen LogP contribution in [0.25, 0.3) is 0 Å². The largest absolute Gasteiger partial charge is 0.478 e. The van der Waals surface area contributed by atoms with E-state index in [9.17, 15) is 14.7 Å². The molecule has 1 saturated heterocycles. The molecule has 1 aliphatic heterocycles. The Morgan fingerprint density at radius 2 is 1.84 bits per heavy atom. The molecule has 5 heteroatoms. The molecule has 0 aromatic heterocycles. The van der Waals surface area contributed by atoms with E-state index in [0.717, 1.165) is 18.4 Å². The van der Waals surface area contributed by atoms with Crippen molar-refractivity contribution in [2.24, 2.45) is 0 Å². The first kappa shape index (κ1) is 17.2. The van der Waals surface area contributed by atoms with E-state index in [-0.39, 0.29) is 30.0 Å². The summed E-state index contributed by atoms with van der Waals surface area (Å²) in [6.45, 7) is 0.700. The van der Waals surface area contributed by atoms with Crippen molar-refractivity contribution in [3.63, 3.8) is 0 Å². The summed E-state index contributed by atoms with van der Waals surface area (Å²) in [7, 11) is 0. The van der Waals surface area contributed by atoms with Crippen molar-refractivity contribution >= 4 is 11.9 Å². The van der Waals surface area contributed by atoms with Crippen LogP contribution >= 0.6 is 0 Å². The number of carbonyl (C=O) groups excluding carboxylic acids is 1. The maximum Gasteiger partial charge on any atom is 0.335 e. The molecule has 3 rings (SSSR count). The number of carboxylic acids is 1. The maximum absolute atomic E-state index is 12.6. The molecule has 0 bridgehead atoms. The smallest absolute Gasteiger partial charge is 0.335 e. The number of ether oxygens (including phenoxy) is 1. The van der Waals surface area contributed by atoms with Crippen LogP contribution in [0.1, 0.15) is 40.4 Å². The van der Waals surface area contributed by atoms with Gasteiger partial charge in [-0.1, -0.05) is 48.5 Å². The first-order valence-corrected chi connectivity index (χ1v) is 8.42. The van der Waals surface area contributed by atoms with Crippen LogP contribution in [0.2, 0.25) is 0 Å². The number of hydrogen-bond donors (Lipinski definition) is 2. The summed E-state index contributed by atoms with van der Waals surface area (Å²) in [4.78, 5) is 23.9. The first-order chi connectivity index (χ1) is 12.1. The number of nitrogens with one attached hydrogen (secondary N) is 1. The SMILES string of the molecule is O=C(Cc1ccccc1C(=O)O)NC(c1ccccc1)C1CCCO1. The predicted molar refractivity (Wildman–Crippen MR) is 93.4 cm³/mol. The van der Waals surface area contributed by atoms with Gasteiger partial charge in [0.15, 0.2) is 0 Å². The third-order valence-electron chi connectivity index (χ3n) is 4.41. The molecule has 1 aliphatic rings. The van der Waals surface area contributed by atoms with Crippen LogP contribution < -0.4 is 5.32 Å². The summed E-state index contributed by atoms with van der Waals surface area (Å²) in [5.41, 5.74) is 1.66. The number of aromatic carboxylic acids is 1. The van der Waals surface area contributed by atoms with Gasteiger partial charge in [0.1, 0.15) is 0 Å². The van der Waals surface area contributed by atoms with Crippen LogP contribution in [0, 0.1) is 0 Å². The van der Waals surface area contributed by atoms with Gasteiger partial charge in [-0.05, 0) is 30.0 Å². The molecule has 2 unspecified atom stereocenters. The average molecular weight is 339 g/mol. The van der Waals surface area contributed by atoms with Gasteiger partial charge in [-0.15, -0.1) is 0 Å². The van der Waals surface area contributed by atoms with Crippen LogP contribution in [-0.4, -0.2) is 29.7 Å². The van der Waals surface area contributed by atoms with E-state index >= 15 is 0 Å². The van der Waals surface area contributed by atoms with Gasteiger partial charge in [0.05, 0.1) is 24.1 Å². The number of carbonyl (C=O) groups is 2. The molecule has 0 saturated carbocycles. The topological polar surface area (TPSA) is 75.6 Å². The van der Waals surface area contributed by atoms with E-state index in [1.807, 2.05) is 30.3 Å². The lowest BCUT2D eigenvalue weighted by molar-refractivity contribution is -0.122. The molecule has 2 aromatic carbocycles. The molecule has 2 aromatic rings. The zero-order valence-electron chi connectivity index (χ0n) is 13.9. The second-order valence-electron chi connectivity index (χ2n) is 6.15. The fraction of sp³-hybridized carbons (Fsp3) is 0.300. The maximum atomic E-state index is 12.6. The second-order valence-corrected chi connectivity index (χ2v) is 6.15. The third-order valence-corrected chi connectivity index (χ3v) is 4.41. The van der Waals surface area contributed by atoms with Crippen molar-refractivity contribution in [1.82, 2.24) is 5.32 Å². The van der Waals surface area contributed by atoms with Crippen molar-refractivity contribution in [2.75, 3.05) is 6.61 Å². The Balaban J connectivity index is 1.76. The van der Waals surface area contributed by atoms with Crippen LogP contribution in [-0.2, 0) is 16.0 Å². The minimum atomic E-state index is -1.03. The minimum absolute atomic E-state index is 0.0263. The molecule has 0 spiro atoms. The number of benzene rings is 2. The van der Waals surface area contributed by atoms with Gasteiger partial charge in [-0.25, -0.2) is 4.79 Å². The van der Waals surface area contributed by atoms with Crippen molar-refractivity contribution in [1.29, 1.82) is 0 Å². The molecule has 2 N–H and O–H groups in total. The van der Waals surface area contributed by atoms with Crippen molar-refractivity contribution in [2.45, 2.75) is 31.4 Å². The average Bonchev–Trinajstić information content (AvgIpc) is 3.15. The molecule has 1 fully saturated rings. The second kappa shape index (κ2) is 7.94. The van der Waals surface area contributed by atoms with Gasteiger partial charge in [0, 0.05) is 6.61 Å². The number of amides is 1. The highest BCUT2D eigenvalue weighted by Gasteiger charge is 2.28. The normalized spacial score (nSPS) is 17.8. The van der Waals surface area contributed by atoms with Gasteiger partial charge >= 0.3 is 5.97 Å². The third kappa shape index (κ3) is 4.25. The number of rotatable bonds is 6. The molecule has 130 valence electrons. The Bertz CT molecular complexity index is 738. The lowest BCUT2D eigenvalue weighted by atomic mass is 9.98. The standard InChI is InChI=1S/C20H21NO4/c22-18(13-15-9-4-5-10-16(15)20(23)24)21-19(17-11-6-12-25-17)14-7-2-1-3-8-14/h1-5,7-10,17,19H,6,11-13H2,(H,21,22)(H,23,24). The zero-order chi connectivity index (χ0) is 17.6. The van der Waals surface area contributed by atoms with E-state index in [1.54, 1.807) is 18.2 Å². The van der Waals surface area contributed by atoms with E-state index in [0.29, 0.717) is 12.2 Å². The molecule has 1 heterocycles. The van der Waals surface area contributed by atoms with Gasteiger partial charge in [-0.3, -0.25) is 4.79 Å². The summed E-state index contributed by atoms with van der Waals surface area (Å²) in [6, 6.07) is 16.1. The predicted octanol–water partition coefficient (Wildman–Crippen LogP) is 2.96. The van der Waals surface area contributed by atoms with E-state index in [4.69, 9.17) is 4.74 Å². The number of carboxylic acid groups (broad SMARTS) is 1. The summed E-state index contributed by atoms with van der Waals surface area (Å²) in [6.07, 6.45) is 1.84. The van der Waals surface area contributed by atoms with Crippen LogP contribution in [0.5, 0.6) is 0 Å². The minimum Gasteiger partial charge on any atom is -0.478 e. The monoisotopic (exact) mass is 339 g/mol. The van der Waals surface area contributed by atoms with Crippen LogP contribution in [0.15, 0.2) is 54.6 Å². The van der Waals surface area contributed by atoms with Crippen molar-refractivity contribution in [3.05, 3.63) is 71.3 Å². The van der Waals surface area contributed by atoms with Crippen molar-refractivity contribution < 1.29 is 19.4 Å². The lowest BCUT2D eigenvalue weighted by Crippen LogP contribution is -2.37. The van der Waals surface area contributed by atoms with Crippen LogP contribution in [0.3, 0.4) is 0 Å². The number of hydrogen-bond acceptors (Lipinski definition) is 3. The van der Waals surface area contributed by atoms with E-state index in [2.05, 4.69) is 5.32 Å². The Kier molecular flexibility index (Phi) is 5.46. The van der Waals surface area contributed by atoms with Crippen LogP contribution in [0.4, 0.5) is 0 Å². The van der Waals surface area contributed by atoms with Crippen molar-refractivity contribution in [3.8, 4) is 0 Å². The molecular weight excluding hydrogens is 318 g/mol. The summed E-state index contributed by atoms with van der Waals surface area (Å²) >= 11 is 0. The van der Waals surface area contributed by atoms with Gasteiger partial charge in [-0.2, -0.15) is 0 Å². The molecule has 2 atom stereocenters.